The van der Waals surface area contributed by atoms with Gasteiger partial charge in [-0.1, -0.05) is 42.5 Å². The van der Waals surface area contributed by atoms with Gasteiger partial charge < -0.3 is 5.73 Å². The number of benzene rings is 2. The molecule has 0 atom stereocenters. The predicted molar refractivity (Wildman–Crippen MR) is 75.1 cm³/mol. The summed E-state index contributed by atoms with van der Waals surface area (Å²) in [6.45, 7) is 0.468. The molecule has 0 spiro atoms. The van der Waals surface area contributed by atoms with Gasteiger partial charge in [0.25, 0.3) is 0 Å². The third-order valence-electron chi connectivity index (χ3n) is 3.15. The molecule has 0 unspecified atom stereocenters. The molecule has 0 radical (unpaired) electrons. The van der Waals surface area contributed by atoms with Crippen molar-refractivity contribution in [1.29, 1.82) is 0 Å². The number of nitrogens with zero attached hydrogens (tertiary/aromatic N) is 1. The Morgan fingerprint density at radius 1 is 0.889 bits per heavy atom. The van der Waals surface area contributed by atoms with Crippen molar-refractivity contribution in [3.63, 3.8) is 0 Å². The smallest absolute Gasteiger partial charge is 0.0617 e. The SMILES string of the molecule is NCc1nccc2ccc(-c3ccccc3)cc12. The molecule has 0 fully saturated rings. The van der Waals surface area contributed by atoms with Gasteiger partial charge in [-0.3, -0.25) is 4.98 Å². The van der Waals surface area contributed by atoms with E-state index in [0.717, 1.165) is 11.1 Å². The molecule has 18 heavy (non-hydrogen) atoms. The first-order chi connectivity index (χ1) is 8.88. The number of nitrogens with two attached hydrogens (primary N) is 1. The Labute approximate surface area is 106 Å². The lowest BCUT2D eigenvalue weighted by Crippen LogP contribution is -2.00. The topological polar surface area (TPSA) is 38.9 Å². The van der Waals surface area contributed by atoms with Crippen molar-refractivity contribution < 1.29 is 0 Å². The van der Waals surface area contributed by atoms with Gasteiger partial charge in [-0.2, -0.15) is 0 Å². The van der Waals surface area contributed by atoms with Crippen LogP contribution in [0.25, 0.3) is 21.9 Å². The molecule has 88 valence electrons. The number of fused-ring (bicyclic) bond motifs is 1. The van der Waals surface area contributed by atoms with Crippen LogP contribution >= 0.6 is 0 Å². The average Bonchev–Trinajstić information content (AvgIpc) is 2.47. The number of hydrogen-bond donors (Lipinski definition) is 1. The van der Waals surface area contributed by atoms with E-state index in [9.17, 15) is 0 Å². The van der Waals surface area contributed by atoms with E-state index in [1.807, 2.05) is 30.5 Å². The van der Waals surface area contributed by atoms with Crippen molar-refractivity contribution in [2.24, 2.45) is 5.73 Å². The second-order valence-electron chi connectivity index (χ2n) is 4.26. The van der Waals surface area contributed by atoms with E-state index < -0.39 is 0 Å². The number of rotatable bonds is 2. The lowest BCUT2D eigenvalue weighted by atomic mass is 10.0. The minimum absolute atomic E-state index is 0.468. The Morgan fingerprint density at radius 2 is 1.72 bits per heavy atom. The maximum absolute atomic E-state index is 5.74. The van der Waals surface area contributed by atoms with E-state index in [1.54, 1.807) is 0 Å². The molecule has 1 aromatic heterocycles. The molecule has 0 aliphatic heterocycles. The van der Waals surface area contributed by atoms with Crippen LogP contribution in [-0.2, 0) is 6.54 Å². The molecule has 0 amide bonds. The zero-order valence-corrected chi connectivity index (χ0v) is 10.0. The van der Waals surface area contributed by atoms with Crippen LogP contribution in [0, 0.1) is 0 Å². The fourth-order valence-corrected chi connectivity index (χ4v) is 2.20. The van der Waals surface area contributed by atoms with Crippen molar-refractivity contribution in [2.75, 3.05) is 0 Å². The monoisotopic (exact) mass is 234 g/mol. The Bertz CT molecular complexity index is 675. The molecule has 2 nitrogen and oxygen atoms in total. The predicted octanol–water partition coefficient (Wildman–Crippen LogP) is 3.36. The van der Waals surface area contributed by atoms with Gasteiger partial charge in [0.1, 0.15) is 0 Å². The molecular formula is C16H14N2. The lowest BCUT2D eigenvalue weighted by molar-refractivity contribution is 1.01. The van der Waals surface area contributed by atoms with Crippen LogP contribution in [0.4, 0.5) is 0 Å². The van der Waals surface area contributed by atoms with E-state index in [0.29, 0.717) is 6.54 Å². The van der Waals surface area contributed by atoms with E-state index >= 15 is 0 Å². The molecule has 3 rings (SSSR count). The Balaban J connectivity index is 2.22. The van der Waals surface area contributed by atoms with E-state index in [-0.39, 0.29) is 0 Å². The zero-order valence-electron chi connectivity index (χ0n) is 10.0. The van der Waals surface area contributed by atoms with Crippen LogP contribution in [0.3, 0.4) is 0 Å². The van der Waals surface area contributed by atoms with E-state index in [4.69, 9.17) is 5.73 Å². The van der Waals surface area contributed by atoms with Gasteiger partial charge in [0, 0.05) is 18.1 Å². The first kappa shape index (κ1) is 10.9. The van der Waals surface area contributed by atoms with Crippen molar-refractivity contribution >= 4 is 10.8 Å². The van der Waals surface area contributed by atoms with Crippen LogP contribution in [0.2, 0.25) is 0 Å². The van der Waals surface area contributed by atoms with Gasteiger partial charge in [-0.15, -0.1) is 0 Å². The Hall–Kier alpha value is -2.19. The summed E-state index contributed by atoms with van der Waals surface area (Å²) in [6.07, 6.45) is 1.81. The average molecular weight is 234 g/mol. The highest BCUT2D eigenvalue weighted by atomic mass is 14.7. The summed E-state index contributed by atoms with van der Waals surface area (Å²) in [5.74, 6) is 0. The van der Waals surface area contributed by atoms with Crippen LogP contribution in [0.15, 0.2) is 60.8 Å². The highest BCUT2D eigenvalue weighted by Gasteiger charge is 2.03. The van der Waals surface area contributed by atoms with Crippen LogP contribution in [-0.4, -0.2) is 4.98 Å². The summed E-state index contributed by atoms with van der Waals surface area (Å²) >= 11 is 0. The molecule has 0 saturated heterocycles. The largest absolute Gasteiger partial charge is 0.325 e. The first-order valence-corrected chi connectivity index (χ1v) is 6.01. The Kier molecular flexibility index (Phi) is 2.79. The van der Waals surface area contributed by atoms with Gasteiger partial charge >= 0.3 is 0 Å². The van der Waals surface area contributed by atoms with E-state index in [1.165, 1.54) is 16.5 Å². The Morgan fingerprint density at radius 3 is 2.50 bits per heavy atom. The number of hydrogen-bond acceptors (Lipinski definition) is 2. The fourth-order valence-electron chi connectivity index (χ4n) is 2.20. The molecule has 1 heterocycles. The lowest BCUT2D eigenvalue weighted by Gasteiger charge is -2.06. The molecule has 2 heteroatoms. The van der Waals surface area contributed by atoms with Gasteiger partial charge in [0.15, 0.2) is 0 Å². The molecule has 0 aliphatic carbocycles. The number of pyridine rings is 1. The zero-order chi connectivity index (χ0) is 12.4. The highest BCUT2D eigenvalue weighted by molar-refractivity contribution is 5.88. The third-order valence-corrected chi connectivity index (χ3v) is 3.15. The second-order valence-corrected chi connectivity index (χ2v) is 4.26. The summed E-state index contributed by atoms with van der Waals surface area (Å²) in [5, 5.41) is 2.33. The van der Waals surface area contributed by atoms with Gasteiger partial charge in [-0.25, -0.2) is 0 Å². The maximum Gasteiger partial charge on any atom is 0.0617 e. The molecule has 0 aliphatic rings. The maximum atomic E-state index is 5.74. The van der Waals surface area contributed by atoms with Gasteiger partial charge in [0.05, 0.1) is 5.69 Å². The van der Waals surface area contributed by atoms with E-state index in [2.05, 4.69) is 35.3 Å². The van der Waals surface area contributed by atoms with Crippen molar-refractivity contribution in [1.82, 2.24) is 4.98 Å². The second kappa shape index (κ2) is 4.59. The fraction of sp³-hybridized carbons (Fsp3) is 0.0625. The summed E-state index contributed by atoms with van der Waals surface area (Å²) in [4.78, 5) is 4.34. The minimum Gasteiger partial charge on any atom is -0.325 e. The first-order valence-electron chi connectivity index (χ1n) is 6.01. The normalized spacial score (nSPS) is 10.7. The molecule has 0 bridgehead atoms. The van der Waals surface area contributed by atoms with Crippen LogP contribution < -0.4 is 5.73 Å². The molecule has 0 saturated carbocycles. The van der Waals surface area contributed by atoms with Crippen molar-refractivity contribution in [2.45, 2.75) is 6.54 Å². The minimum atomic E-state index is 0.468. The molecule has 3 aromatic rings. The molecule has 2 aromatic carbocycles. The highest BCUT2D eigenvalue weighted by Crippen LogP contribution is 2.25. The van der Waals surface area contributed by atoms with Gasteiger partial charge in [-0.05, 0) is 28.6 Å². The quantitative estimate of drug-likeness (QED) is 0.738. The summed E-state index contributed by atoms with van der Waals surface area (Å²) < 4.78 is 0. The summed E-state index contributed by atoms with van der Waals surface area (Å²) in [7, 11) is 0. The standard InChI is InChI=1S/C16H14N2/c17-11-16-15-10-14(12-4-2-1-3-5-12)7-6-13(15)8-9-18-16/h1-10H,11,17H2. The summed E-state index contributed by atoms with van der Waals surface area (Å²) in [6, 6.07) is 18.8. The van der Waals surface area contributed by atoms with Crippen LogP contribution in [0.5, 0.6) is 0 Å². The summed E-state index contributed by atoms with van der Waals surface area (Å²) in [5.41, 5.74) is 9.11. The van der Waals surface area contributed by atoms with Crippen molar-refractivity contribution in [3.05, 3.63) is 66.5 Å². The number of aromatic nitrogens is 1. The third kappa shape index (κ3) is 1.87. The van der Waals surface area contributed by atoms with Gasteiger partial charge in [0.2, 0.25) is 0 Å². The molecule has 2 N–H and O–H groups in total. The molecular weight excluding hydrogens is 220 g/mol. The van der Waals surface area contributed by atoms with Crippen molar-refractivity contribution in [3.8, 4) is 11.1 Å². The van der Waals surface area contributed by atoms with Crippen LogP contribution in [0.1, 0.15) is 5.69 Å².